The van der Waals surface area contributed by atoms with Crippen molar-refractivity contribution < 1.29 is 23.1 Å². The molecule has 1 aliphatic rings. The Bertz CT molecular complexity index is 1170. The number of benzene rings is 2. The highest BCUT2D eigenvalue weighted by atomic mass is 19.4. The highest BCUT2D eigenvalue weighted by molar-refractivity contribution is 5.93. The summed E-state index contributed by atoms with van der Waals surface area (Å²) in [6.07, 6.45) is -1.37. The molecule has 0 saturated carbocycles. The molecule has 0 aliphatic carbocycles. The van der Waals surface area contributed by atoms with E-state index in [1.54, 1.807) is 12.1 Å². The lowest BCUT2D eigenvalue weighted by molar-refractivity contribution is -0.127. The Morgan fingerprint density at radius 3 is 2.62 bits per heavy atom. The number of nitrogens with one attached hydrogen (secondary N) is 2. The molecule has 1 atom stereocenters. The van der Waals surface area contributed by atoms with Crippen molar-refractivity contribution in [1.29, 1.82) is 0 Å². The average molecular weight is 470 g/mol. The minimum Gasteiger partial charge on any atom is -0.478 e. The Morgan fingerprint density at radius 1 is 1.18 bits per heavy atom. The number of rotatable bonds is 7. The maximum atomic E-state index is 12.6. The van der Waals surface area contributed by atoms with Crippen LogP contribution in [-0.4, -0.2) is 42.4 Å². The third-order valence-corrected chi connectivity index (χ3v) is 5.95. The van der Waals surface area contributed by atoms with Crippen LogP contribution in [-0.2, 0) is 12.8 Å². The van der Waals surface area contributed by atoms with E-state index in [2.05, 4.69) is 21.7 Å². The summed E-state index contributed by atoms with van der Waals surface area (Å²) in [6, 6.07) is 14.0. The number of aromatic nitrogens is 1. The van der Waals surface area contributed by atoms with Crippen LogP contribution in [0.5, 0.6) is 0 Å². The maximum Gasteiger partial charge on any atom is 0.393 e. The number of halogens is 3. The lowest BCUT2D eigenvalue weighted by atomic mass is 9.93. The first-order valence-electron chi connectivity index (χ1n) is 10.9. The second-order valence-corrected chi connectivity index (χ2v) is 8.26. The second kappa shape index (κ2) is 9.72. The molecule has 178 valence electrons. The number of aromatic carboxylic acids is 1. The van der Waals surface area contributed by atoms with Crippen molar-refractivity contribution in [3.63, 3.8) is 0 Å². The number of carboxylic acids is 1. The SMILES string of the molecule is CN(c1ccc(CC(F)(F)F)cc1)c1ccc2c(c1)CCN[C@@H]2CNc1cnccc1C(=O)O. The third kappa shape index (κ3) is 5.48. The minimum atomic E-state index is -4.22. The van der Waals surface area contributed by atoms with Gasteiger partial charge in [0.15, 0.2) is 0 Å². The van der Waals surface area contributed by atoms with Crippen LogP contribution in [0, 0.1) is 0 Å². The highest BCUT2D eigenvalue weighted by Gasteiger charge is 2.27. The average Bonchev–Trinajstić information content (AvgIpc) is 2.81. The molecule has 2 heterocycles. The van der Waals surface area contributed by atoms with Crippen LogP contribution in [0.3, 0.4) is 0 Å². The molecule has 0 spiro atoms. The third-order valence-electron chi connectivity index (χ3n) is 5.95. The molecule has 0 amide bonds. The molecule has 34 heavy (non-hydrogen) atoms. The minimum absolute atomic E-state index is 0.00777. The zero-order valence-electron chi connectivity index (χ0n) is 18.6. The summed E-state index contributed by atoms with van der Waals surface area (Å²) in [5, 5.41) is 16.0. The standard InChI is InChI=1S/C25H25F3N4O2/c1-32(18-4-2-16(3-5-18)13-25(26,27)28)19-6-7-20-17(12-19)8-11-30-23(20)15-31-22-14-29-10-9-21(22)24(33)34/h2-7,9-10,12,14,23,30-31H,8,11,13,15H2,1H3,(H,33,34)/t23-/m1/s1. The molecule has 0 fully saturated rings. The highest BCUT2D eigenvalue weighted by Crippen LogP contribution is 2.31. The van der Waals surface area contributed by atoms with Gasteiger partial charge in [-0.1, -0.05) is 18.2 Å². The lowest BCUT2D eigenvalue weighted by Crippen LogP contribution is -2.34. The largest absolute Gasteiger partial charge is 0.478 e. The summed E-state index contributed by atoms with van der Waals surface area (Å²) in [5.74, 6) is -1.01. The summed E-state index contributed by atoms with van der Waals surface area (Å²) >= 11 is 0. The van der Waals surface area contributed by atoms with E-state index in [4.69, 9.17) is 0 Å². The normalized spacial score (nSPS) is 15.5. The Kier molecular flexibility index (Phi) is 6.74. The molecule has 6 nitrogen and oxygen atoms in total. The van der Waals surface area contributed by atoms with Gasteiger partial charge in [-0.05, 0) is 60.0 Å². The summed E-state index contributed by atoms with van der Waals surface area (Å²) in [4.78, 5) is 17.4. The number of hydrogen-bond donors (Lipinski definition) is 3. The van der Waals surface area contributed by atoms with Crippen LogP contribution in [0.25, 0.3) is 0 Å². The van der Waals surface area contributed by atoms with E-state index in [1.807, 2.05) is 24.1 Å². The van der Waals surface area contributed by atoms with Crippen LogP contribution in [0.2, 0.25) is 0 Å². The number of anilines is 3. The Hall–Kier alpha value is -3.59. The van der Waals surface area contributed by atoms with Crippen LogP contribution in [0.15, 0.2) is 60.9 Å². The molecule has 0 bridgehead atoms. The molecule has 1 aromatic heterocycles. The van der Waals surface area contributed by atoms with Gasteiger partial charge in [0, 0.05) is 37.2 Å². The molecule has 0 unspecified atom stereocenters. The van der Waals surface area contributed by atoms with Crippen molar-refractivity contribution in [2.45, 2.75) is 25.1 Å². The van der Waals surface area contributed by atoms with Gasteiger partial charge in [0.2, 0.25) is 0 Å². The maximum absolute atomic E-state index is 12.6. The molecule has 3 N–H and O–H groups in total. The van der Waals surface area contributed by atoms with Gasteiger partial charge >= 0.3 is 12.1 Å². The first kappa shape index (κ1) is 23.6. The summed E-state index contributed by atoms with van der Waals surface area (Å²) < 4.78 is 37.8. The van der Waals surface area contributed by atoms with Gasteiger partial charge in [-0.25, -0.2) is 4.79 Å². The smallest absolute Gasteiger partial charge is 0.393 e. The number of carboxylic acid groups (broad SMARTS) is 1. The zero-order chi connectivity index (χ0) is 24.3. The molecular formula is C25H25F3N4O2. The van der Waals surface area contributed by atoms with Crippen molar-refractivity contribution in [3.05, 3.63) is 83.2 Å². The van der Waals surface area contributed by atoms with E-state index < -0.39 is 18.6 Å². The van der Waals surface area contributed by atoms with E-state index in [1.165, 1.54) is 36.2 Å². The zero-order valence-corrected chi connectivity index (χ0v) is 18.6. The Morgan fingerprint density at radius 2 is 1.91 bits per heavy atom. The van der Waals surface area contributed by atoms with Crippen LogP contribution >= 0.6 is 0 Å². The summed E-state index contributed by atoms with van der Waals surface area (Å²) in [7, 11) is 1.89. The van der Waals surface area contributed by atoms with Crippen LogP contribution in [0.1, 0.15) is 33.1 Å². The second-order valence-electron chi connectivity index (χ2n) is 8.26. The predicted molar refractivity (Wildman–Crippen MR) is 125 cm³/mol. The van der Waals surface area contributed by atoms with Crippen LogP contribution in [0.4, 0.5) is 30.2 Å². The van der Waals surface area contributed by atoms with Gasteiger partial charge in [-0.15, -0.1) is 0 Å². The summed E-state index contributed by atoms with van der Waals surface area (Å²) in [5.41, 5.74) is 4.91. The first-order chi connectivity index (χ1) is 16.2. The molecule has 1 aliphatic heterocycles. The molecule has 4 rings (SSSR count). The van der Waals surface area contributed by atoms with Crippen molar-refractivity contribution in [2.75, 3.05) is 30.4 Å². The predicted octanol–water partition coefficient (Wildman–Crippen LogP) is 4.95. The number of fused-ring (bicyclic) bond motifs is 1. The number of nitrogens with zero attached hydrogens (tertiary/aromatic N) is 2. The first-order valence-corrected chi connectivity index (χ1v) is 10.9. The quantitative estimate of drug-likeness (QED) is 0.454. The fraction of sp³-hybridized carbons (Fsp3) is 0.280. The van der Waals surface area contributed by atoms with Gasteiger partial charge in [0.05, 0.1) is 23.9 Å². The fourth-order valence-electron chi connectivity index (χ4n) is 4.18. The van der Waals surface area contributed by atoms with Crippen LogP contribution < -0.4 is 15.5 Å². The van der Waals surface area contributed by atoms with Gasteiger partial charge in [0.25, 0.3) is 0 Å². The monoisotopic (exact) mass is 470 g/mol. The van der Waals surface area contributed by atoms with E-state index >= 15 is 0 Å². The van der Waals surface area contributed by atoms with Crippen molar-refractivity contribution in [3.8, 4) is 0 Å². The Labute approximate surface area is 195 Å². The number of pyridine rings is 1. The van der Waals surface area contributed by atoms with Gasteiger partial charge in [0.1, 0.15) is 0 Å². The Balaban J connectivity index is 1.48. The van der Waals surface area contributed by atoms with Crippen molar-refractivity contribution >= 4 is 23.0 Å². The number of hydrogen-bond acceptors (Lipinski definition) is 5. The number of alkyl halides is 3. The van der Waals surface area contributed by atoms with Crippen molar-refractivity contribution in [2.24, 2.45) is 0 Å². The molecule has 0 radical (unpaired) electrons. The van der Waals surface area contributed by atoms with Gasteiger partial charge in [-0.2, -0.15) is 13.2 Å². The van der Waals surface area contributed by atoms with Gasteiger partial charge in [-0.3, -0.25) is 4.98 Å². The van der Waals surface area contributed by atoms with E-state index in [0.717, 1.165) is 29.9 Å². The molecular weight excluding hydrogens is 445 g/mol. The molecule has 2 aromatic carbocycles. The molecule has 9 heteroatoms. The number of carbonyl (C=O) groups is 1. The fourth-order valence-corrected chi connectivity index (χ4v) is 4.18. The van der Waals surface area contributed by atoms with Gasteiger partial charge < -0.3 is 20.6 Å². The van der Waals surface area contributed by atoms with E-state index in [-0.39, 0.29) is 17.2 Å². The van der Waals surface area contributed by atoms with E-state index in [9.17, 15) is 23.1 Å². The van der Waals surface area contributed by atoms with E-state index in [0.29, 0.717) is 12.2 Å². The van der Waals surface area contributed by atoms with Crippen molar-refractivity contribution in [1.82, 2.24) is 10.3 Å². The molecule has 0 saturated heterocycles. The molecule has 3 aromatic rings. The lowest BCUT2D eigenvalue weighted by Gasteiger charge is -2.29. The summed E-state index contributed by atoms with van der Waals surface area (Å²) in [6.45, 7) is 1.27. The topological polar surface area (TPSA) is 77.5 Å².